The van der Waals surface area contributed by atoms with Gasteiger partial charge in [-0.3, -0.25) is 0 Å². The zero-order valence-electron chi connectivity index (χ0n) is 22.2. The predicted octanol–water partition coefficient (Wildman–Crippen LogP) is 6.31. The molecule has 0 bridgehead atoms. The van der Waals surface area contributed by atoms with Gasteiger partial charge in [-0.2, -0.15) is 0 Å². The minimum atomic E-state index is -0.203. The molecule has 0 saturated heterocycles. The summed E-state index contributed by atoms with van der Waals surface area (Å²) in [5, 5.41) is 4.49. The Bertz CT molecular complexity index is 1450. The van der Waals surface area contributed by atoms with Crippen molar-refractivity contribution in [2.75, 3.05) is 26.1 Å². The van der Waals surface area contributed by atoms with Crippen molar-refractivity contribution in [2.45, 2.75) is 44.8 Å². The molecule has 0 radical (unpaired) electrons. The van der Waals surface area contributed by atoms with Crippen LogP contribution in [0.1, 0.15) is 51.7 Å². The van der Waals surface area contributed by atoms with E-state index in [2.05, 4.69) is 57.4 Å². The zero-order valence-corrected chi connectivity index (χ0v) is 23.1. The van der Waals surface area contributed by atoms with Gasteiger partial charge in [0.2, 0.25) is 0 Å². The van der Waals surface area contributed by atoms with Gasteiger partial charge in [0.1, 0.15) is 10.8 Å². The van der Waals surface area contributed by atoms with Gasteiger partial charge in [-0.1, -0.05) is 24.3 Å². The second-order valence-corrected chi connectivity index (χ2v) is 11.4. The van der Waals surface area contributed by atoms with Gasteiger partial charge < -0.3 is 24.4 Å². The fourth-order valence-electron chi connectivity index (χ4n) is 5.75. The number of aryl methyl sites for hydroxylation is 1. The number of nitrogens with zero attached hydrogens (tertiary/aromatic N) is 3. The molecule has 6 nitrogen and oxygen atoms in total. The Hall–Kier alpha value is -3.71. The van der Waals surface area contributed by atoms with E-state index in [1.165, 1.54) is 33.8 Å². The third-order valence-corrected chi connectivity index (χ3v) is 9.08. The van der Waals surface area contributed by atoms with Crippen molar-refractivity contribution in [3.8, 4) is 10.8 Å². The first-order valence-electron chi connectivity index (χ1n) is 13.3. The Labute approximate surface area is 228 Å². The number of thiophene rings is 1. The lowest BCUT2D eigenvalue weighted by Crippen LogP contribution is -2.41. The highest BCUT2D eigenvalue weighted by molar-refractivity contribution is 7.15. The number of amides is 2. The van der Waals surface area contributed by atoms with Crippen molar-refractivity contribution in [1.82, 2.24) is 14.8 Å². The molecule has 1 atom stereocenters. The van der Waals surface area contributed by atoms with E-state index in [-0.39, 0.29) is 12.1 Å². The molecule has 2 aromatic heterocycles. The van der Waals surface area contributed by atoms with Gasteiger partial charge in [0.15, 0.2) is 0 Å². The number of benzene rings is 2. The van der Waals surface area contributed by atoms with Crippen LogP contribution in [-0.2, 0) is 25.9 Å². The van der Waals surface area contributed by atoms with E-state index in [1.54, 1.807) is 7.11 Å². The number of methoxy groups -OCH3 is 1. The second kappa shape index (κ2) is 10.2. The topological polar surface area (TPSA) is 49.7 Å². The lowest BCUT2D eigenvalue weighted by molar-refractivity contribution is 0.180. The van der Waals surface area contributed by atoms with Crippen LogP contribution >= 0.6 is 11.3 Å². The standard InChI is InChI=1S/C31H34N4O2S/c1-33(2)23-15-13-22(14-16-23)29-27-11-7-17-34(27)30-26(25-10-4-5-12-28(25)38-30)20-35(29)31(36)32-19-21-8-6-9-24(18-21)37-3/h6-9,11,13-18,29H,4-5,10,12,19-20H2,1-3H3,(H,32,36)/t29-/m0/s1. The lowest BCUT2D eigenvalue weighted by atomic mass is 9.95. The maximum atomic E-state index is 14.0. The summed E-state index contributed by atoms with van der Waals surface area (Å²) in [5.74, 6) is 0.790. The van der Waals surface area contributed by atoms with E-state index >= 15 is 0 Å². The minimum Gasteiger partial charge on any atom is -0.497 e. The van der Waals surface area contributed by atoms with Crippen molar-refractivity contribution in [1.29, 1.82) is 0 Å². The fourth-order valence-corrected chi connectivity index (χ4v) is 7.16. The van der Waals surface area contributed by atoms with Gasteiger partial charge in [-0.15, -0.1) is 11.3 Å². The zero-order chi connectivity index (χ0) is 26.2. The molecule has 0 unspecified atom stereocenters. The average Bonchev–Trinajstić information content (AvgIpc) is 3.54. The van der Waals surface area contributed by atoms with E-state index in [1.807, 2.05) is 54.6 Å². The molecule has 2 amide bonds. The van der Waals surface area contributed by atoms with E-state index in [0.717, 1.165) is 41.1 Å². The number of carbonyl (C=O) groups excluding carboxylic acids is 1. The normalized spacial score (nSPS) is 16.2. The number of nitrogens with one attached hydrogen (secondary N) is 1. The summed E-state index contributed by atoms with van der Waals surface area (Å²) in [6.45, 7) is 1.03. The van der Waals surface area contributed by atoms with Gasteiger partial charge in [-0.05, 0) is 78.8 Å². The SMILES string of the molecule is COc1cccc(CNC(=O)N2Cc3c(sc4c3CCCC4)-n3cccc3[C@@H]2c2ccc(N(C)C)cc2)c1. The van der Waals surface area contributed by atoms with Gasteiger partial charge >= 0.3 is 6.03 Å². The maximum absolute atomic E-state index is 14.0. The van der Waals surface area contributed by atoms with Crippen molar-refractivity contribution in [2.24, 2.45) is 0 Å². The number of rotatable bonds is 5. The molecule has 1 aliphatic heterocycles. The Morgan fingerprint density at radius 2 is 1.87 bits per heavy atom. The first-order chi connectivity index (χ1) is 18.5. The molecule has 0 spiro atoms. The largest absolute Gasteiger partial charge is 0.497 e. The van der Waals surface area contributed by atoms with E-state index in [4.69, 9.17) is 4.74 Å². The van der Waals surface area contributed by atoms with Crippen LogP contribution in [0.2, 0.25) is 0 Å². The number of hydrogen-bond acceptors (Lipinski definition) is 4. The first-order valence-corrected chi connectivity index (χ1v) is 14.1. The van der Waals surface area contributed by atoms with Crippen LogP contribution in [0.25, 0.3) is 5.00 Å². The molecule has 38 heavy (non-hydrogen) atoms. The Morgan fingerprint density at radius 1 is 1.05 bits per heavy atom. The first kappa shape index (κ1) is 24.6. The van der Waals surface area contributed by atoms with Crippen LogP contribution < -0.4 is 15.0 Å². The van der Waals surface area contributed by atoms with Crippen LogP contribution in [0.15, 0.2) is 66.9 Å². The quantitative estimate of drug-likeness (QED) is 0.332. The molecule has 6 rings (SSSR count). The maximum Gasteiger partial charge on any atom is 0.318 e. The number of carbonyl (C=O) groups is 1. The Morgan fingerprint density at radius 3 is 2.66 bits per heavy atom. The van der Waals surface area contributed by atoms with Crippen molar-refractivity contribution >= 4 is 23.1 Å². The fraction of sp³-hybridized carbons (Fsp3) is 0.323. The van der Waals surface area contributed by atoms with E-state index < -0.39 is 0 Å². The summed E-state index contributed by atoms with van der Waals surface area (Å²) in [5.41, 5.74) is 7.15. The third kappa shape index (κ3) is 4.45. The number of hydrogen-bond donors (Lipinski definition) is 1. The molecule has 1 N–H and O–H groups in total. The average molecular weight is 527 g/mol. The number of ether oxygens (including phenoxy) is 1. The van der Waals surface area contributed by atoms with Crippen LogP contribution in [0.4, 0.5) is 10.5 Å². The number of urea groups is 1. The summed E-state index contributed by atoms with van der Waals surface area (Å²) < 4.78 is 7.71. The number of anilines is 1. The summed E-state index contributed by atoms with van der Waals surface area (Å²) in [4.78, 5) is 19.7. The van der Waals surface area contributed by atoms with Crippen molar-refractivity contribution in [3.05, 3.63) is 99.7 Å². The van der Waals surface area contributed by atoms with Crippen molar-refractivity contribution in [3.63, 3.8) is 0 Å². The Balaban J connectivity index is 1.41. The van der Waals surface area contributed by atoms with Gasteiger partial charge in [-0.25, -0.2) is 4.79 Å². The molecule has 2 aliphatic rings. The van der Waals surface area contributed by atoms with Crippen LogP contribution in [0.3, 0.4) is 0 Å². The van der Waals surface area contributed by atoms with E-state index in [0.29, 0.717) is 13.1 Å². The molecule has 0 saturated carbocycles. The monoisotopic (exact) mass is 526 g/mol. The van der Waals surface area contributed by atoms with Gasteiger partial charge in [0.05, 0.1) is 25.4 Å². The second-order valence-electron chi connectivity index (χ2n) is 10.3. The van der Waals surface area contributed by atoms with E-state index in [9.17, 15) is 4.79 Å². The van der Waals surface area contributed by atoms with Crippen LogP contribution in [-0.4, -0.2) is 36.7 Å². The summed E-state index contributed by atoms with van der Waals surface area (Å²) >= 11 is 1.91. The van der Waals surface area contributed by atoms with Crippen LogP contribution in [0, 0.1) is 0 Å². The molecule has 0 fully saturated rings. The molecule has 2 aromatic carbocycles. The van der Waals surface area contributed by atoms with Crippen molar-refractivity contribution < 1.29 is 9.53 Å². The number of aromatic nitrogens is 1. The molecule has 1 aliphatic carbocycles. The molecular weight excluding hydrogens is 492 g/mol. The van der Waals surface area contributed by atoms with Gasteiger partial charge in [0.25, 0.3) is 0 Å². The van der Waals surface area contributed by atoms with Crippen LogP contribution in [0.5, 0.6) is 5.75 Å². The lowest BCUT2D eigenvalue weighted by Gasteiger charge is -2.31. The summed E-state index contributed by atoms with van der Waals surface area (Å²) in [6, 6.07) is 20.5. The molecule has 196 valence electrons. The highest BCUT2D eigenvalue weighted by Crippen LogP contribution is 2.44. The molecule has 7 heteroatoms. The number of fused-ring (bicyclic) bond motifs is 5. The highest BCUT2D eigenvalue weighted by atomic mass is 32.1. The molecular formula is C31H34N4O2S. The predicted molar refractivity (Wildman–Crippen MR) is 154 cm³/mol. The highest BCUT2D eigenvalue weighted by Gasteiger charge is 2.36. The summed E-state index contributed by atoms with van der Waals surface area (Å²) in [7, 11) is 5.76. The Kier molecular flexibility index (Phi) is 6.62. The molecule has 3 heterocycles. The summed E-state index contributed by atoms with van der Waals surface area (Å²) in [6.07, 6.45) is 6.86. The molecule has 4 aromatic rings. The smallest absolute Gasteiger partial charge is 0.318 e. The van der Waals surface area contributed by atoms with Gasteiger partial charge in [0, 0.05) is 43.0 Å². The third-order valence-electron chi connectivity index (χ3n) is 7.74. The minimum absolute atomic E-state index is 0.0640.